The van der Waals surface area contributed by atoms with E-state index in [4.69, 9.17) is 10.7 Å². The monoisotopic (exact) mass is 276 g/mol. The number of aromatic nitrogens is 3. The van der Waals surface area contributed by atoms with E-state index in [1.165, 1.54) is 16.8 Å². The maximum atomic E-state index is 6.04. The van der Waals surface area contributed by atoms with Crippen molar-refractivity contribution < 1.29 is 0 Å². The maximum Gasteiger partial charge on any atom is 0.183 e. The van der Waals surface area contributed by atoms with Crippen molar-refractivity contribution in [3.05, 3.63) is 16.8 Å². The second-order valence-electron chi connectivity index (χ2n) is 6.17. The lowest BCUT2D eigenvalue weighted by atomic mass is 9.91. The summed E-state index contributed by atoms with van der Waals surface area (Å²) < 4.78 is 0.254. The number of hydrogen-bond acceptors (Lipinski definition) is 4. The van der Waals surface area contributed by atoms with Gasteiger partial charge in [0, 0.05) is 22.6 Å². The van der Waals surface area contributed by atoms with Crippen LogP contribution in [0, 0.1) is 0 Å². The molecule has 0 amide bonds. The Hall–Kier alpha value is -1.23. The van der Waals surface area contributed by atoms with Crippen molar-refractivity contribution in [2.45, 2.75) is 50.5 Å². The van der Waals surface area contributed by atoms with Crippen LogP contribution in [0.2, 0.25) is 0 Å². The molecule has 102 valence electrons. The highest BCUT2D eigenvalue weighted by Gasteiger charge is 2.31. The van der Waals surface area contributed by atoms with Crippen LogP contribution in [-0.4, -0.2) is 19.9 Å². The average molecular weight is 276 g/mol. The number of hydrogen-bond donors (Lipinski definition) is 2. The van der Waals surface area contributed by atoms with Crippen molar-refractivity contribution in [2.24, 2.45) is 0 Å². The van der Waals surface area contributed by atoms with Crippen LogP contribution in [0.15, 0.2) is 0 Å². The Morgan fingerprint density at radius 1 is 1.37 bits per heavy atom. The lowest BCUT2D eigenvalue weighted by molar-refractivity contribution is 0.674. The van der Waals surface area contributed by atoms with Crippen LogP contribution < -0.4 is 5.73 Å². The van der Waals surface area contributed by atoms with Gasteiger partial charge in [-0.15, -0.1) is 0 Å². The molecule has 3 N–H and O–H groups in total. The third-order valence-electron chi connectivity index (χ3n) is 3.74. The smallest absolute Gasteiger partial charge is 0.183 e. The lowest BCUT2D eigenvalue weighted by Crippen LogP contribution is -2.25. The molecular weight excluding hydrogens is 256 g/mol. The molecule has 1 aliphatic heterocycles. The summed E-state index contributed by atoms with van der Waals surface area (Å²) in [5.41, 5.74) is 10.7. The van der Waals surface area contributed by atoms with Crippen LogP contribution in [0.1, 0.15) is 50.4 Å². The van der Waals surface area contributed by atoms with Crippen LogP contribution >= 0.6 is 11.8 Å². The fourth-order valence-corrected chi connectivity index (χ4v) is 3.96. The molecule has 0 aliphatic carbocycles. The van der Waals surface area contributed by atoms with Gasteiger partial charge in [0.2, 0.25) is 0 Å². The van der Waals surface area contributed by atoms with E-state index in [-0.39, 0.29) is 4.75 Å². The third-order valence-corrected chi connectivity index (χ3v) is 5.10. The standard InChI is InChI=1S/C14H20N4S/c1-7(2)10-8-6-19-14(3,4)5-9(8)16-13-11(10)12(15)17-18-13/h7H,5-6H2,1-4H3,(H3,15,16,17,18). The predicted molar refractivity (Wildman–Crippen MR) is 81.5 cm³/mol. The Morgan fingerprint density at radius 3 is 2.79 bits per heavy atom. The number of nitrogens with two attached hydrogens (primary N) is 1. The molecule has 2 aromatic rings. The highest BCUT2D eigenvalue weighted by molar-refractivity contribution is 7.99. The van der Waals surface area contributed by atoms with Gasteiger partial charge in [-0.3, -0.25) is 5.10 Å². The molecule has 4 nitrogen and oxygen atoms in total. The summed E-state index contributed by atoms with van der Waals surface area (Å²) in [6, 6.07) is 0. The van der Waals surface area contributed by atoms with Gasteiger partial charge in [-0.05, 0) is 17.0 Å². The van der Waals surface area contributed by atoms with E-state index in [0.717, 1.165) is 23.2 Å². The molecule has 0 saturated carbocycles. The van der Waals surface area contributed by atoms with E-state index < -0.39 is 0 Å². The number of rotatable bonds is 1. The Labute approximate surface area is 117 Å². The first-order valence-electron chi connectivity index (χ1n) is 6.68. The molecule has 2 aromatic heterocycles. The first-order valence-corrected chi connectivity index (χ1v) is 7.67. The number of pyridine rings is 1. The lowest BCUT2D eigenvalue weighted by Gasteiger charge is -2.32. The number of nitrogen functional groups attached to an aromatic ring is 1. The van der Waals surface area contributed by atoms with Gasteiger partial charge in [-0.25, -0.2) is 4.98 Å². The predicted octanol–water partition coefficient (Wildman–Crippen LogP) is 3.23. The Kier molecular flexibility index (Phi) is 2.78. The van der Waals surface area contributed by atoms with Crippen molar-refractivity contribution in [3.8, 4) is 0 Å². The topological polar surface area (TPSA) is 67.6 Å². The summed E-state index contributed by atoms with van der Waals surface area (Å²) in [6.07, 6.45) is 0.995. The summed E-state index contributed by atoms with van der Waals surface area (Å²) in [5.74, 6) is 2.09. The normalized spacial score (nSPS) is 17.9. The van der Waals surface area contributed by atoms with Gasteiger partial charge in [0.15, 0.2) is 5.65 Å². The summed E-state index contributed by atoms with van der Waals surface area (Å²) in [4.78, 5) is 4.74. The van der Waals surface area contributed by atoms with E-state index in [2.05, 4.69) is 37.9 Å². The van der Waals surface area contributed by atoms with Gasteiger partial charge < -0.3 is 5.73 Å². The zero-order valence-electron chi connectivity index (χ0n) is 11.9. The van der Waals surface area contributed by atoms with Crippen molar-refractivity contribution in [1.82, 2.24) is 15.2 Å². The van der Waals surface area contributed by atoms with E-state index in [0.29, 0.717) is 11.7 Å². The van der Waals surface area contributed by atoms with E-state index in [9.17, 15) is 0 Å². The van der Waals surface area contributed by atoms with Gasteiger partial charge in [0.05, 0.1) is 5.39 Å². The second kappa shape index (κ2) is 4.13. The molecule has 3 heterocycles. The van der Waals surface area contributed by atoms with Crippen LogP contribution in [-0.2, 0) is 12.2 Å². The molecule has 3 rings (SSSR count). The van der Waals surface area contributed by atoms with Crippen LogP contribution in [0.25, 0.3) is 11.0 Å². The first kappa shape index (κ1) is 12.8. The first-order chi connectivity index (χ1) is 8.89. The molecule has 5 heteroatoms. The molecule has 0 atom stereocenters. The van der Waals surface area contributed by atoms with Gasteiger partial charge in [0.1, 0.15) is 5.82 Å². The molecule has 0 bridgehead atoms. The average Bonchev–Trinajstić information content (AvgIpc) is 2.66. The highest BCUT2D eigenvalue weighted by atomic mass is 32.2. The van der Waals surface area contributed by atoms with Crippen LogP contribution in [0.4, 0.5) is 5.82 Å². The number of nitrogens with zero attached hydrogens (tertiary/aromatic N) is 2. The number of thioether (sulfide) groups is 1. The minimum atomic E-state index is 0.254. The molecule has 0 saturated heterocycles. The Bertz CT molecular complexity index is 642. The Morgan fingerprint density at radius 2 is 2.11 bits per heavy atom. The Balaban J connectivity index is 2.31. The SMILES string of the molecule is CC(C)c1c2c(nc3n[nH]c(N)c13)CC(C)(C)SC2. The zero-order chi connectivity index (χ0) is 13.8. The number of aromatic amines is 1. The van der Waals surface area contributed by atoms with Crippen molar-refractivity contribution in [2.75, 3.05) is 5.73 Å². The fourth-order valence-electron chi connectivity index (χ4n) is 2.86. The van der Waals surface area contributed by atoms with E-state index >= 15 is 0 Å². The number of fused-ring (bicyclic) bond motifs is 2. The molecule has 0 spiro atoms. The quantitative estimate of drug-likeness (QED) is 0.839. The summed E-state index contributed by atoms with van der Waals surface area (Å²) >= 11 is 2.00. The molecule has 0 fully saturated rings. The van der Waals surface area contributed by atoms with E-state index in [1.54, 1.807) is 0 Å². The van der Waals surface area contributed by atoms with Crippen molar-refractivity contribution >= 4 is 28.6 Å². The van der Waals surface area contributed by atoms with Gasteiger partial charge >= 0.3 is 0 Å². The largest absolute Gasteiger partial charge is 0.384 e. The van der Waals surface area contributed by atoms with Crippen molar-refractivity contribution in [3.63, 3.8) is 0 Å². The molecule has 0 unspecified atom stereocenters. The van der Waals surface area contributed by atoms with Crippen molar-refractivity contribution in [1.29, 1.82) is 0 Å². The third kappa shape index (κ3) is 2.00. The molecule has 1 aliphatic rings. The van der Waals surface area contributed by atoms with Crippen LogP contribution in [0.5, 0.6) is 0 Å². The number of nitrogens with one attached hydrogen (secondary N) is 1. The number of H-pyrrole nitrogens is 1. The molecule has 19 heavy (non-hydrogen) atoms. The summed E-state index contributed by atoms with van der Waals surface area (Å²) in [7, 11) is 0. The van der Waals surface area contributed by atoms with Gasteiger partial charge in [-0.1, -0.05) is 27.7 Å². The van der Waals surface area contributed by atoms with E-state index in [1.807, 2.05) is 11.8 Å². The summed E-state index contributed by atoms with van der Waals surface area (Å²) in [5, 5.41) is 8.15. The maximum absolute atomic E-state index is 6.04. The fraction of sp³-hybridized carbons (Fsp3) is 0.571. The minimum Gasteiger partial charge on any atom is -0.384 e. The van der Waals surface area contributed by atoms with Crippen LogP contribution in [0.3, 0.4) is 0 Å². The number of anilines is 1. The molecular formula is C14H20N4S. The molecule has 0 radical (unpaired) electrons. The van der Waals surface area contributed by atoms with Gasteiger partial charge in [-0.2, -0.15) is 16.9 Å². The second-order valence-corrected chi connectivity index (χ2v) is 7.85. The zero-order valence-corrected chi connectivity index (χ0v) is 12.7. The van der Waals surface area contributed by atoms with Gasteiger partial charge in [0.25, 0.3) is 0 Å². The highest BCUT2D eigenvalue weighted by Crippen LogP contribution is 2.42. The minimum absolute atomic E-state index is 0.254. The summed E-state index contributed by atoms with van der Waals surface area (Å²) in [6.45, 7) is 8.98. The molecule has 0 aromatic carbocycles.